The normalized spacial score (nSPS) is 16.2. The average Bonchev–Trinajstić information content (AvgIpc) is 2.54. The van der Waals surface area contributed by atoms with E-state index in [-0.39, 0.29) is 23.8 Å². The van der Waals surface area contributed by atoms with Gasteiger partial charge in [-0.1, -0.05) is 12.0 Å². The molecular weight excluding hydrogens is 328 g/mol. The van der Waals surface area contributed by atoms with E-state index in [4.69, 9.17) is 6.42 Å². The number of carbonyl (C=O) groups is 2. The summed E-state index contributed by atoms with van der Waals surface area (Å²) in [5.74, 6) is 0.494. The van der Waals surface area contributed by atoms with Crippen molar-refractivity contribution in [3.63, 3.8) is 0 Å². The molecule has 1 N–H and O–H groups in total. The lowest BCUT2D eigenvalue weighted by molar-refractivity contribution is -0.133. The van der Waals surface area contributed by atoms with Gasteiger partial charge in [-0.2, -0.15) is 0 Å². The highest BCUT2D eigenvalue weighted by Crippen LogP contribution is 2.22. The molecule has 0 aromatic heterocycles. The Labute approximate surface area is 146 Å². The SMILES string of the molecule is C#CCN1CCN(C(=O)C[C@H](NC(C)=O)c2ccc(F)cc2F)CC1. The number of nitrogens with one attached hydrogen (secondary N) is 1. The van der Waals surface area contributed by atoms with Gasteiger partial charge in [0.25, 0.3) is 0 Å². The van der Waals surface area contributed by atoms with Crippen LogP contribution in [0, 0.1) is 24.0 Å². The number of hydrogen-bond donors (Lipinski definition) is 1. The molecule has 0 spiro atoms. The number of benzene rings is 1. The van der Waals surface area contributed by atoms with Crippen LogP contribution in [-0.2, 0) is 9.59 Å². The second kappa shape index (κ2) is 8.58. The third-order valence-corrected chi connectivity index (χ3v) is 4.13. The Balaban J connectivity index is 2.06. The average molecular weight is 349 g/mol. The molecule has 0 radical (unpaired) electrons. The van der Waals surface area contributed by atoms with E-state index in [1.54, 1.807) is 4.90 Å². The quantitative estimate of drug-likeness (QED) is 0.816. The van der Waals surface area contributed by atoms with Gasteiger partial charge in [-0.3, -0.25) is 14.5 Å². The molecule has 2 rings (SSSR count). The van der Waals surface area contributed by atoms with Crippen LogP contribution in [0.1, 0.15) is 24.9 Å². The number of rotatable bonds is 5. The molecule has 25 heavy (non-hydrogen) atoms. The van der Waals surface area contributed by atoms with Gasteiger partial charge in [-0.05, 0) is 6.07 Å². The number of nitrogens with zero attached hydrogens (tertiary/aromatic N) is 2. The number of halogens is 2. The summed E-state index contributed by atoms with van der Waals surface area (Å²) in [6.07, 6.45) is 5.19. The highest BCUT2D eigenvalue weighted by molar-refractivity contribution is 5.79. The molecule has 1 saturated heterocycles. The second-order valence-corrected chi connectivity index (χ2v) is 5.98. The summed E-state index contributed by atoms with van der Waals surface area (Å²) in [7, 11) is 0. The summed E-state index contributed by atoms with van der Waals surface area (Å²) >= 11 is 0. The van der Waals surface area contributed by atoms with Crippen molar-refractivity contribution in [1.82, 2.24) is 15.1 Å². The Morgan fingerprint density at radius 2 is 1.96 bits per heavy atom. The predicted octanol–water partition coefficient (Wildman–Crippen LogP) is 1.31. The number of amides is 2. The highest BCUT2D eigenvalue weighted by atomic mass is 19.1. The fourth-order valence-corrected chi connectivity index (χ4v) is 2.86. The maximum absolute atomic E-state index is 14.0. The van der Waals surface area contributed by atoms with Gasteiger partial charge >= 0.3 is 0 Å². The van der Waals surface area contributed by atoms with E-state index in [1.165, 1.54) is 13.0 Å². The minimum Gasteiger partial charge on any atom is -0.349 e. The summed E-state index contributed by atoms with van der Waals surface area (Å²) in [5.41, 5.74) is 0.0934. The van der Waals surface area contributed by atoms with Crippen LogP contribution in [0.15, 0.2) is 18.2 Å². The van der Waals surface area contributed by atoms with E-state index < -0.39 is 17.7 Å². The maximum atomic E-state index is 14.0. The van der Waals surface area contributed by atoms with Crippen molar-refractivity contribution in [3.8, 4) is 12.3 Å². The van der Waals surface area contributed by atoms with E-state index in [2.05, 4.69) is 16.1 Å². The van der Waals surface area contributed by atoms with Crippen LogP contribution in [0.5, 0.6) is 0 Å². The molecule has 7 heteroatoms. The lowest BCUT2D eigenvalue weighted by Gasteiger charge is -2.34. The number of piperazine rings is 1. The lowest BCUT2D eigenvalue weighted by atomic mass is 10.0. The predicted molar refractivity (Wildman–Crippen MR) is 89.4 cm³/mol. The molecular formula is C18H21F2N3O2. The molecule has 2 amide bonds. The van der Waals surface area contributed by atoms with E-state index in [1.807, 2.05) is 0 Å². The summed E-state index contributed by atoms with van der Waals surface area (Å²) < 4.78 is 27.1. The number of hydrogen-bond acceptors (Lipinski definition) is 3. The van der Waals surface area contributed by atoms with Crippen LogP contribution in [0.4, 0.5) is 8.78 Å². The van der Waals surface area contributed by atoms with Crippen LogP contribution in [-0.4, -0.2) is 54.3 Å². The van der Waals surface area contributed by atoms with Gasteiger partial charge in [0.1, 0.15) is 11.6 Å². The van der Waals surface area contributed by atoms with Gasteiger partial charge in [0.05, 0.1) is 19.0 Å². The fourth-order valence-electron chi connectivity index (χ4n) is 2.86. The summed E-state index contributed by atoms with van der Waals surface area (Å²) in [6.45, 7) is 4.23. The molecule has 0 aliphatic carbocycles. The third-order valence-electron chi connectivity index (χ3n) is 4.13. The van der Waals surface area contributed by atoms with Gasteiger partial charge < -0.3 is 10.2 Å². The van der Waals surface area contributed by atoms with Crippen LogP contribution in [0.3, 0.4) is 0 Å². The zero-order chi connectivity index (χ0) is 18.4. The first kappa shape index (κ1) is 18.9. The highest BCUT2D eigenvalue weighted by Gasteiger charge is 2.26. The van der Waals surface area contributed by atoms with Crippen molar-refractivity contribution in [2.75, 3.05) is 32.7 Å². The molecule has 5 nitrogen and oxygen atoms in total. The molecule has 134 valence electrons. The minimum absolute atomic E-state index is 0.0860. The standard InChI is InChI=1S/C18H21F2N3O2/c1-3-6-22-7-9-23(10-8-22)18(25)12-17(21-13(2)24)15-5-4-14(19)11-16(15)20/h1,4-5,11,17H,6-10,12H2,2H3,(H,21,24)/t17-/m0/s1. The lowest BCUT2D eigenvalue weighted by Crippen LogP contribution is -2.49. The number of terminal acetylenes is 1. The molecule has 1 fully saturated rings. The molecule has 0 unspecified atom stereocenters. The molecule has 0 bridgehead atoms. The first-order chi connectivity index (χ1) is 11.9. The third kappa shape index (κ3) is 5.26. The van der Waals surface area contributed by atoms with Crippen LogP contribution in [0.25, 0.3) is 0 Å². The van der Waals surface area contributed by atoms with E-state index in [0.717, 1.165) is 12.1 Å². The second-order valence-electron chi connectivity index (χ2n) is 5.98. The molecule has 1 aliphatic heterocycles. The Kier molecular flexibility index (Phi) is 6.48. The molecule has 1 aromatic rings. The molecule has 1 heterocycles. The molecule has 0 saturated carbocycles. The van der Waals surface area contributed by atoms with Gasteiger partial charge in [0.15, 0.2) is 0 Å². The topological polar surface area (TPSA) is 52.6 Å². The van der Waals surface area contributed by atoms with Crippen LogP contribution in [0.2, 0.25) is 0 Å². The van der Waals surface area contributed by atoms with Crippen molar-refractivity contribution < 1.29 is 18.4 Å². The Morgan fingerprint density at radius 3 is 2.52 bits per heavy atom. The van der Waals surface area contributed by atoms with Gasteiger partial charge in [-0.15, -0.1) is 6.42 Å². The van der Waals surface area contributed by atoms with Crippen molar-refractivity contribution in [2.45, 2.75) is 19.4 Å². The monoisotopic (exact) mass is 349 g/mol. The van der Waals surface area contributed by atoms with E-state index >= 15 is 0 Å². The minimum atomic E-state index is -0.839. The van der Waals surface area contributed by atoms with E-state index in [0.29, 0.717) is 32.7 Å². The van der Waals surface area contributed by atoms with Gasteiger partial charge in [0.2, 0.25) is 11.8 Å². The summed E-state index contributed by atoms with van der Waals surface area (Å²) in [5, 5.41) is 2.57. The molecule has 1 atom stereocenters. The van der Waals surface area contributed by atoms with Crippen molar-refractivity contribution in [1.29, 1.82) is 0 Å². The largest absolute Gasteiger partial charge is 0.349 e. The molecule has 1 aromatic carbocycles. The van der Waals surface area contributed by atoms with Crippen molar-refractivity contribution in [3.05, 3.63) is 35.4 Å². The Hall–Kier alpha value is -2.46. The van der Waals surface area contributed by atoms with Crippen molar-refractivity contribution >= 4 is 11.8 Å². The van der Waals surface area contributed by atoms with Crippen LogP contribution < -0.4 is 5.32 Å². The van der Waals surface area contributed by atoms with Gasteiger partial charge in [0, 0.05) is 44.7 Å². The molecule has 1 aliphatic rings. The van der Waals surface area contributed by atoms with E-state index in [9.17, 15) is 18.4 Å². The Bertz CT molecular complexity index is 679. The summed E-state index contributed by atoms with van der Waals surface area (Å²) in [4.78, 5) is 27.7. The first-order valence-corrected chi connectivity index (χ1v) is 8.06. The first-order valence-electron chi connectivity index (χ1n) is 8.06. The smallest absolute Gasteiger partial charge is 0.225 e. The maximum Gasteiger partial charge on any atom is 0.225 e. The van der Waals surface area contributed by atoms with Crippen molar-refractivity contribution in [2.24, 2.45) is 0 Å². The zero-order valence-electron chi connectivity index (χ0n) is 14.1. The Morgan fingerprint density at radius 1 is 1.28 bits per heavy atom. The zero-order valence-corrected chi connectivity index (χ0v) is 14.1. The van der Waals surface area contributed by atoms with Gasteiger partial charge in [-0.25, -0.2) is 8.78 Å². The summed E-state index contributed by atoms with van der Waals surface area (Å²) in [6, 6.07) is 2.27. The number of carbonyl (C=O) groups excluding carboxylic acids is 2. The fraction of sp³-hybridized carbons (Fsp3) is 0.444. The van der Waals surface area contributed by atoms with Crippen LogP contribution >= 0.6 is 0 Å².